The predicted molar refractivity (Wildman–Crippen MR) is 80.6 cm³/mol. The molecule has 1 rings (SSSR count). The molecule has 0 fully saturated rings. The van der Waals surface area contributed by atoms with E-state index in [1.54, 1.807) is 38.3 Å². The second-order valence-corrected chi connectivity index (χ2v) is 4.32. The van der Waals surface area contributed by atoms with Crippen LogP contribution in [-0.2, 0) is 4.79 Å². The third-order valence-corrected chi connectivity index (χ3v) is 2.62. The lowest BCUT2D eigenvalue weighted by Crippen LogP contribution is -2.50. The first-order valence-electron chi connectivity index (χ1n) is 6.21. The van der Waals surface area contributed by atoms with Crippen LogP contribution in [0, 0.1) is 0 Å². The smallest absolute Gasteiger partial charge is 0.279 e. The van der Waals surface area contributed by atoms with Gasteiger partial charge in [-0.25, -0.2) is 0 Å². The number of hydrogen-bond donors (Lipinski definition) is 3. The summed E-state index contributed by atoms with van der Waals surface area (Å²) in [4.78, 5) is 11.8. The first-order valence-corrected chi connectivity index (χ1v) is 6.62. The van der Waals surface area contributed by atoms with E-state index in [2.05, 4.69) is 16.2 Å². The number of nitrogens with one attached hydrogen (secondary N) is 3. The first-order chi connectivity index (χ1) is 9.56. The lowest BCUT2D eigenvalue weighted by Gasteiger charge is -2.16. The van der Waals surface area contributed by atoms with Crippen LogP contribution in [0.3, 0.4) is 0 Å². The van der Waals surface area contributed by atoms with E-state index in [1.807, 2.05) is 6.92 Å². The highest BCUT2D eigenvalue weighted by molar-refractivity contribution is 7.80. The third kappa shape index (κ3) is 5.31. The van der Waals surface area contributed by atoms with Gasteiger partial charge in [0.2, 0.25) is 0 Å². The summed E-state index contributed by atoms with van der Waals surface area (Å²) in [5.74, 6) is 0.996. The van der Waals surface area contributed by atoms with Gasteiger partial charge in [0.15, 0.2) is 11.2 Å². The zero-order valence-corrected chi connectivity index (χ0v) is 12.5. The van der Waals surface area contributed by atoms with E-state index >= 15 is 0 Å². The maximum absolute atomic E-state index is 11.8. The first kappa shape index (κ1) is 16.0. The fourth-order valence-electron chi connectivity index (χ4n) is 1.34. The average Bonchev–Trinajstić information content (AvgIpc) is 2.45. The molecule has 20 heavy (non-hydrogen) atoms. The minimum atomic E-state index is -0.652. The summed E-state index contributed by atoms with van der Waals surface area (Å²) in [5.41, 5.74) is 5.06. The molecule has 0 radical (unpaired) electrons. The zero-order chi connectivity index (χ0) is 15.0. The number of amides is 1. The molecule has 0 heterocycles. The quantitative estimate of drug-likeness (QED) is 0.556. The van der Waals surface area contributed by atoms with Crippen LogP contribution in [0.1, 0.15) is 13.8 Å². The number of hydrazine groups is 1. The predicted octanol–water partition coefficient (Wildman–Crippen LogP) is 0.978. The van der Waals surface area contributed by atoms with E-state index in [0.717, 1.165) is 5.75 Å². The summed E-state index contributed by atoms with van der Waals surface area (Å²) in [6, 6.07) is 7.00. The normalized spacial score (nSPS) is 11.2. The molecule has 1 amide bonds. The maximum Gasteiger partial charge on any atom is 0.279 e. The van der Waals surface area contributed by atoms with Crippen molar-refractivity contribution < 1.29 is 14.3 Å². The Kier molecular flexibility index (Phi) is 6.58. The van der Waals surface area contributed by atoms with Crippen molar-refractivity contribution in [3.05, 3.63) is 24.3 Å². The van der Waals surface area contributed by atoms with Gasteiger partial charge in [-0.05, 0) is 50.3 Å². The molecule has 0 aromatic heterocycles. The summed E-state index contributed by atoms with van der Waals surface area (Å²) in [5, 5.41) is 3.21. The second kappa shape index (κ2) is 8.21. The van der Waals surface area contributed by atoms with Gasteiger partial charge in [0.25, 0.3) is 5.91 Å². The van der Waals surface area contributed by atoms with E-state index in [0.29, 0.717) is 17.4 Å². The summed E-state index contributed by atoms with van der Waals surface area (Å²) >= 11 is 4.92. The number of hydrogen-bond acceptors (Lipinski definition) is 4. The highest BCUT2D eigenvalue weighted by Crippen LogP contribution is 2.18. The molecule has 0 aliphatic heterocycles. The number of carbonyl (C=O) groups is 1. The van der Waals surface area contributed by atoms with Gasteiger partial charge in [-0.2, -0.15) is 0 Å². The van der Waals surface area contributed by atoms with Gasteiger partial charge in [0, 0.05) is 6.54 Å². The molecule has 0 aliphatic rings. The van der Waals surface area contributed by atoms with E-state index in [1.165, 1.54) is 0 Å². The van der Waals surface area contributed by atoms with Gasteiger partial charge < -0.3 is 14.8 Å². The van der Waals surface area contributed by atoms with Crippen molar-refractivity contribution >= 4 is 23.2 Å². The van der Waals surface area contributed by atoms with E-state index in [9.17, 15) is 4.79 Å². The van der Waals surface area contributed by atoms with Crippen LogP contribution in [0.15, 0.2) is 24.3 Å². The second-order valence-electron chi connectivity index (χ2n) is 3.91. The fraction of sp³-hybridized carbons (Fsp3) is 0.385. The van der Waals surface area contributed by atoms with Crippen molar-refractivity contribution in [3.8, 4) is 11.5 Å². The van der Waals surface area contributed by atoms with Crippen LogP contribution in [0.5, 0.6) is 11.5 Å². The molecule has 7 heteroatoms. The van der Waals surface area contributed by atoms with Crippen LogP contribution in [-0.4, -0.2) is 30.8 Å². The molecule has 3 N–H and O–H groups in total. The Labute approximate surface area is 123 Å². The Morgan fingerprint density at radius 1 is 1.25 bits per heavy atom. The Balaban J connectivity index is 2.42. The van der Waals surface area contributed by atoms with Gasteiger partial charge in [0.05, 0.1) is 7.11 Å². The lowest BCUT2D eigenvalue weighted by atomic mass is 10.3. The number of methoxy groups -OCH3 is 1. The van der Waals surface area contributed by atoms with Crippen molar-refractivity contribution in [2.45, 2.75) is 20.0 Å². The zero-order valence-electron chi connectivity index (χ0n) is 11.7. The molecular weight excluding hydrogens is 278 g/mol. The monoisotopic (exact) mass is 297 g/mol. The van der Waals surface area contributed by atoms with Crippen LogP contribution in [0.4, 0.5) is 0 Å². The fourth-order valence-corrected chi connectivity index (χ4v) is 1.53. The molecule has 0 spiro atoms. The topological polar surface area (TPSA) is 71.6 Å². The Morgan fingerprint density at radius 3 is 2.40 bits per heavy atom. The molecule has 0 saturated heterocycles. The molecule has 0 saturated carbocycles. The summed E-state index contributed by atoms with van der Waals surface area (Å²) in [6.07, 6.45) is -0.652. The molecule has 1 aromatic carbocycles. The van der Waals surface area contributed by atoms with Gasteiger partial charge in [0.1, 0.15) is 11.5 Å². The molecule has 0 bridgehead atoms. The van der Waals surface area contributed by atoms with E-state index < -0.39 is 6.10 Å². The summed E-state index contributed by atoms with van der Waals surface area (Å²) < 4.78 is 10.5. The molecular formula is C13H19N3O3S. The largest absolute Gasteiger partial charge is 0.497 e. The third-order valence-electron chi connectivity index (χ3n) is 2.38. The standard InChI is InChI=1S/C13H19N3O3S/c1-4-14-13(20)16-15-12(17)9(2)19-11-7-5-10(18-3)6-8-11/h5-9H,4H2,1-3H3,(H,15,17)(H2,14,16,20). The minimum absolute atomic E-state index is 0.318. The highest BCUT2D eigenvalue weighted by atomic mass is 32.1. The van der Waals surface area contributed by atoms with Gasteiger partial charge in [-0.3, -0.25) is 15.6 Å². The SMILES string of the molecule is CCNC(=S)NNC(=O)C(C)Oc1ccc(OC)cc1. The van der Waals surface area contributed by atoms with Gasteiger partial charge in [-0.15, -0.1) is 0 Å². The van der Waals surface area contributed by atoms with Gasteiger partial charge >= 0.3 is 0 Å². The van der Waals surface area contributed by atoms with E-state index in [-0.39, 0.29) is 5.91 Å². The number of benzene rings is 1. The van der Waals surface area contributed by atoms with E-state index in [4.69, 9.17) is 21.7 Å². The number of thiocarbonyl (C=S) groups is 1. The maximum atomic E-state index is 11.8. The Hall–Kier alpha value is -2.02. The van der Waals surface area contributed by atoms with Crippen molar-refractivity contribution in [1.82, 2.24) is 16.2 Å². The molecule has 1 atom stereocenters. The molecule has 6 nitrogen and oxygen atoms in total. The molecule has 1 aromatic rings. The molecule has 110 valence electrons. The highest BCUT2D eigenvalue weighted by Gasteiger charge is 2.14. The number of rotatable bonds is 5. The van der Waals surface area contributed by atoms with Crippen molar-refractivity contribution in [2.75, 3.05) is 13.7 Å². The van der Waals surface area contributed by atoms with Crippen molar-refractivity contribution in [2.24, 2.45) is 0 Å². The lowest BCUT2D eigenvalue weighted by molar-refractivity contribution is -0.127. The average molecular weight is 297 g/mol. The van der Waals surface area contributed by atoms with Crippen LogP contribution in [0.2, 0.25) is 0 Å². The van der Waals surface area contributed by atoms with Gasteiger partial charge in [-0.1, -0.05) is 0 Å². The summed E-state index contributed by atoms with van der Waals surface area (Å²) in [7, 11) is 1.59. The molecule has 1 unspecified atom stereocenters. The van der Waals surface area contributed by atoms with Crippen LogP contribution < -0.4 is 25.6 Å². The Bertz CT molecular complexity index is 451. The van der Waals surface area contributed by atoms with Crippen LogP contribution >= 0.6 is 12.2 Å². The minimum Gasteiger partial charge on any atom is -0.497 e. The van der Waals surface area contributed by atoms with Crippen molar-refractivity contribution in [1.29, 1.82) is 0 Å². The summed E-state index contributed by atoms with van der Waals surface area (Å²) in [6.45, 7) is 4.24. The van der Waals surface area contributed by atoms with Crippen LogP contribution in [0.25, 0.3) is 0 Å². The number of ether oxygens (including phenoxy) is 2. The Morgan fingerprint density at radius 2 is 1.85 bits per heavy atom. The van der Waals surface area contributed by atoms with Crippen molar-refractivity contribution in [3.63, 3.8) is 0 Å². The molecule has 0 aliphatic carbocycles. The number of carbonyl (C=O) groups excluding carboxylic acids is 1.